The van der Waals surface area contributed by atoms with Crippen LogP contribution in [0.1, 0.15) is 51.9 Å². The Morgan fingerprint density at radius 2 is 2.07 bits per heavy atom. The number of rotatable bonds is 4. The van der Waals surface area contributed by atoms with E-state index in [1.165, 1.54) is 25.7 Å². The Bertz CT molecular complexity index is 194. The largest absolute Gasteiger partial charge is 0.396 e. The van der Waals surface area contributed by atoms with Crippen LogP contribution in [0, 0.1) is 5.92 Å². The van der Waals surface area contributed by atoms with Crippen LogP contribution in [0.4, 0.5) is 0 Å². The molecule has 3 nitrogen and oxygen atoms in total. The quantitative estimate of drug-likeness (QED) is 0.700. The maximum atomic E-state index is 11.5. The molecule has 1 saturated carbocycles. The van der Waals surface area contributed by atoms with Crippen LogP contribution in [0.5, 0.6) is 0 Å². The molecule has 0 spiro atoms. The van der Waals surface area contributed by atoms with Gasteiger partial charge in [-0.25, -0.2) is 0 Å². The Morgan fingerprint density at radius 3 is 2.80 bits per heavy atom. The van der Waals surface area contributed by atoms with Gasteiger partial charge < -0.3 is 10.4 Å². The molecule has 15 heavy (non-hydrogen) atoms. The fourth-order valence-electron chi connectivity index (χ4n) is 2.23. The van der Waals surface area contributed by atoms with Crippen molar-refractivity contribution in [3.63, 3.8) is 0 Å². The summed E-state index contributed by atoms with van der Waals surface area (Å²) in [5.41, 5.74) is 0. The van der Waals surface area contributed by atoms with E-state index in [-0.39, 0.29) is 12.5 Å². The summed E-state index contributed by atoms with van der Waals surface area (Å²) in [6.45, 7) is 2.33. The fraction of sp³-hybridized carbons (Fsp3) is 0.917. The third kappa shape index (κ3) is 4.65. The summed E-state index contributed by atoms with van der Waals surface area (Å²) in [7, 11) is 0. The van der Waals surface area contributed by atoms with Crippen LogP contribution < -0.4 is 5.32 Å². The van der Waals surface area contributed by atoms with E-state index >= 15 is 0 Å². The van der Waals surface area contributed by atoms with Gasteiger partial charge in [-0.3, -0.25) is 4.79 Å². The molecule has 1 amide bonds. The zero-order chi connectivity index (χ0) is 11.1. The first-order chi connectivity index (χ1) is 7.24. The zero-order valence-electron chi connectivity index (χ0n) is 9.67. The minimum absolute atomic E-state index is 0.0998. The number of carbonyl (C=O) groups is 1. The lowest BCUT2D eigenvalue weighted by Crippen LogP contribution is -2.38. The monoisotopic (exact) mass is 213 g/mol. The van der Waals surface area contributed by atoms with Crippen molar-refractivity contribution < 1.29 is 9.90 Å². The van der Waals surface area contributed by atoms with Crippen molar-refractivity contribution in [3.8, 4) is 0 Å². The maximum Gasteiger partial charge on any atom is 0.220 e. The van der Waals surface area contributed by atoms with Crippen LogP contribution in [-0.2, 0) is 4.79 Å². The molecule has 0 radical (unpaired) electrons. The number of hydrogen-bond donors (Lipinski definition) is 2. The van der Waals surface area contributed by atoms with E-state index < -0.39 is 0 Å². The van der Waals surface area contributed by atoms with E-state index in [2.05, 4.69) is 12.2 Å². The van der Waals surface area contributed by atoms with Gasteiger partial charge in [0.15, 0.2) is 0 Å². The van der Waals surface area contributed by atoms with Gasteiger partial charge in [0.05, 0.1) is 0 Å². The lowest BCUT2D eigenvalue weighted by Gasteiger charge is -2.22. The summed E-state index contributed by atoms with van der Waals surface area (Å²) in [6.07, 6.45) is 7.20. The molecule has 1 rings (SSSR count). The number of aliphatic hydroxyl groups is 1. The van der Waals surface area contributed by atoms with Gasteiger partial charge in [-0.1, -0.05) is 26.2 Å². The van der Waals surface area contributed by atoms with Gasteiger partial charge in [0.1, 0.15) is 0 Å². The van der Waals surface area contributed by atoms with Gasteiger partial charge in [-0.05, 0) is 25.2 Å². The van der Waals surface area contributed by atoms with Crippen molar-refractivity contribution in [1.82, 2.24) is 5.32 Å². The predicted octanol–water partition coefficient (Wildman–Crippen LogP) is 1.84. The first kappa shape index (κ1) is 12.5. The standard InChI is InChI=1S/C12H23NO2/c1-10-6-3-2-4-7-11(10)13-12(15)8-5-9-14/h10-11,14H,2-9H2,1H3,(H,13,15). The number of amides is 1. The lowest BCUT2D eigenvalue weighted by atomic mass is 9.97. The molecule has 2 N–H and O–H groups in total. The van der Waals surface area contributed by atoms with Gasteiger partial charge >= 0.3 is 0 Å². The third-order valence-corrected chi connectivity index (χ3v) is 3.27. The van der Waals surface area contributed by atoms with Crippen LogP contribution in [0.3, 0.4) is 0 Å². The first-order valence-corrected chi connectivity index (χ1v) is 6.14. The molecule has 3 heteroatoms. The molecule has 0 aliphatic heterocycles. The Balaban J connectivity index is 2.30. The molecule has 0 aromatic rings. The fourth-order valence-corrected chi connectivity index (χ4v) is 2.23. The Morgan fingerprint density at radius 1 is 1.33 bits per heavy atom. The highest BCUT2D eigenvalue weighted by molar-refractivity contribution is 5.76. The van der Waals surface area contributed by atoms with Crippen LogP contribution in [0.15, 0.2) is 0 Å². The van der Waals surface area contributed by atoms with E-state index in [9.17, 15) is 4.79 Å². The normalized spacial score (nSPS) is 27.1. The van der Waals surface area contributed by atoms with Gasteiger partial charge in [-0.2, -0.15) is 0 Å². The van der Waals surface area contributed by atoms with Crippen LogP contribution in [0.25, 0.3) is 0 Å². The number of carbonyl (C=O) groups excluding carboxylic acids is 1. The molecule has 0 bridgehead atoms. The molecule has 1 aliphatic rings. The van der Waals surface area contributed by atoms with Gasteiger partial charge in [-0.15, -0.1) is 0 Å². The van der Waals surface area contributed by atoms with E-state index in [4.69, 9.17) is 5.11 Å². The number of hydrogen-bond acceptors (Lipinski definition) is 2. The van der Waals surface area contributed by atoms with Gasteiger partial charge in [0.2, 0.25) is 5.91 Å². The molecule has 0 heterocycles. The number of nitrogens with one attached hydrogen (secondary N) is 1. The van der Waals surface area contributed by atoms with E-state index in [1.54, 1.807) is 0 Å². The van der Waals surface area contributed by atoms with Crippen LogP contribution >= 0.6 is 0 Å². The average molecular weight is 213 g/mol. The van der Waals surface area contributed by atoms with Crippen LogP contribution in [0.2, 0.25) is 0 Å². The summed E-state index contributed by atoms with van der Waals surface area (Å²) in [5.74, 6) is 0.702. The average Bonchev–Trinajstić information content (AvgIpc) is 2.42. The second-order valence-electron chi connectivity index (χ2n) is 4.62. The summed E-state index contributed by atoms with van der Waals surface area (Å²) in [5, 5.41) is 11.7. The smallest absolute Gasteiger partial charge is 0.220 e. The highest BCUT2D eigenvalue weighted by Crippen LogP contribution is 2.22. The minimum Gasteiger partial charge on any atom is -0.396 e. The molecule has 0 aromatic carbocycles. The maximum absolute atomic E-state index is 11.5. The molecule has 2 atom stereocenters. The van der Waals surface area contributed by atoms with Gasteiger partial charge in [0, 0.05) is 19.1 Å². The molecular weight excluding hydrogens is 190 g/mol. The summed E-state index contributed by atoms with van der Waals surface area (Å²) in [4.78, 5) is 11.5. The van der Waals surface area contributed by atoms with Crippen molar-refractivity contribution in [2.45, 2.75) is 57.9 Å². The lowest BCUT2D eigenvalue weighted by molar-refractivity contribution is -0.122. The van der Waals surface area contributed by atoms with Crippen molar-refractivity contribution in [2.24, 2.45) is 5.92 Å². The van der Waals surface area contributed by atoms with Crippen molar-refractivity contribution in [3.05, 3.63) is 0 Å². The van der Waals surface area contributed by atoms with E-state index in [1.807, 2.05) is 0 Å². The topological polar surface area (TPSA) is 49.3 Å². The summed E-state index contributed by atoms with van der Waals surface area (Å²) >= 11 is 0. The zero-order valence-corrected chi connectivity index (χ0v) is 9.67. The van der Waals surface area contributed by atoms with Crippen molar-refractivity contribution in [1.29, 1.82) is 0 Å². The third-order valence-electron chi connectivity index (χ3n) is 3.27. The Hall–Kier alpha value is -0.570. The molecule has 0 saturated heterocycles. The molecule has 88 valence electrons. The molecule has 2 unspecified atom stereocenters. The number of aliphatic hydroxyl groups excluding tert-OH is 1. The Labute approximate surface area is 92.3 Å². The van der Waals surface area contributed by atoms with Crippen molar-refractivity contribution >= 4 is 5.91 Å². The second kappa shape index (κ2) is 6.83. The Kier molecular flexibility index (Phi) is 5.69. The van der Waals surface area contributed by atoms with E-state index in [0.717, 1.165) is 6.42 Å². The first-order valence-electron chi connectivity index (χ1n) is 6.14. The predicted molar refractivity (Wildman–Crippen MR) is 60.5 cm³/mol. The summed E-state index contributed by atoms with van der Waals surface area (Å²) < 4.78 is 0. The highest BCUT2D eigenvalue weighted by Gasteiger charge is 2.20. The minimum atomic E-state index is 0.0998. The molecule has 1 aliphatic carbocycles. The highest BCUT2D eigenvalue weighted by atomic mass is 16.3. The molecule has 0 aromatic heterocycles. The van der Waals surface area contributed by atoms with Crippen molar-refractivity contribution in [2.75, 3.05) is 6.61 Å². The van der Waals surface area contributed by atoms with Gasteiger partial charge in [0.25, 0.3) is 0 Å². The SMILES string of the molecule is CC1CCCCCC1NC(=O)CCCO. The molecule has 1 fully saturated rings. The molecular formula is C12H23NO2. The second-order valence-corrected chi connectivity index (χ2v) is 4.62. The van der Waals surface area contributed by atoms with Crippen LogP contribution in [-0.4, -0.2) is 23.7 Å². The van der Waals surface area contributed by atoms with E-state index in [0.29, 0.717) is 24.8 Å². The summed E-state index contributed by atoms with van der Waals surface area (Å²) in [6, 6.07) is 0.360.